The van der Waals surface area contributed by atoms with E-state index in [0.717, 1.165) is 48.7 Å². The molecule has 1 unspecified atom stereocenters. The van der Waals surface area contributed by atoms with Crippen molar-refractivity contribution in [2.45, 2.75) is 74.7 Å². The summed E-state index contributed by atoms with van der Waals surface area (Å²) in [4.78, 5) is 47.5. The standard InChI is InChI=1S/C25H29N3O3.C6H8O7/c1-17-15-21-20-16-19(28(29)30)9-10-22(20)26-23(21)25(31-17)13-11-24(12-14-25,27(2)3)18-7-5-4-6-8-18;7-3(8)1-6(13,5(11)12)2-4(9)10/h4-10,16-17,26H,11-15H2,1-3H3;13H,1-2H2,(H,7,8)(H,9,10)(H,11,12). The number of hydrogen-bond acceptors (Lipinski definition) is 8. The van der Waals surface area contributed by atoms with Crippen LogP contribution in [0.15, 0.2) is 48.5 Å². The minimum Gasteiger partial charge on any atom is -0.481 e. The molecule has 13 nitrogen and oxygen atoms in total. The molecular weight excluding hydrogens is 574 g/mol. The molecule has 1 aliphatic heterocycles. The number of H-pyrrole nitrogens is 1. The molecule has 13 heteroatoms. The van der Waals surface area contributed by atoms with Gasteiger partial charge in [-0.15, -0.1) is 0 Å². The van der Waals surface area contributed by atoms with Gasteiger partial charge in [0.1, 0.15) is 5.60 Å². The van der Waals surface area contributed by atoms with Crippen LogP contribution < -0.4 is 0 Å². The number of non-ortho nitro benzene ring substituents is 1. The number of nitro groups is 1. The normalized spacial score (nSPS) is 23.1. The first kappa shape index (κ1) is 32.6. The molecule has 1 spiro atoms. The van der Waals surface area contributed by atoms with Gasteiger partial charge < -0.3 is 30.1 Å². The SMILES string of the molecule is CC1Cc2c([nH]c3ccc([N+](=O)[O-])cc23)C2(CCC(c3ccccc3)(N(C)C)CC2)O1.O=C(O)CC(O)(CC(=O)O)C(=O)O. The monoisotopic (exact) mass is 611 g/mol. The zero-order valence-electron chi connectivity index (χ0n) is 24.8. The summed E-state index contributed by atoms with van der Waals surface area (Å²) in [6.07, 6.45) is 2.36. The van der Waals surface area contributed by atoms with Crippen molar-refractivity contribution in [1.29, 1.82) is 0 Å². The number of nitrogens with one attached hydrogen (secondary N) is 1. The first-order chi connectivity index (χ1) is 20.6. The number of aromatic amines is 1. The smallest absolute Gasteiger partial charge is 0.336 e. The molecule has 1 aliphatic carbocycles. The first-order valence-corrected chi connectivity index (χ1v) is 14.2. The molecule has 5 rings (SSSR count). The lowest BCUT2D eigenvalue weighted by Gasteiger charge is -2.51. The van der Waals surface area contributed by atoms with Crippen molar-refractivity contribution in [1.82, 2.24) is 9.88 Å². The van der Waals surface area contributed by atoms with E-state index < -0.39 is 36.4 Å². The van der Waals surface area contributed by atoms with Gasteiger partial charge in [-0.1, -0.05) is 30.3 Å². The van der Waals surface area contributed by atoms with E-state index in [1.807, 2.05) is 6.07 Å². The molecule has 1 aromatic heterocycles. The molecule has 1 saturated carbocycles. The fourth-order valence-electron chi connectivity index (χ4n) is 6.62. The molecule has 0 amide bonds. The number of benzene rings is 2. The van der Waals surface area contributed by atoms with Gasteiger partial charge in [-0.25, -0.2) is 4.79 Å². The molecule has 2 heterocycles. The summed E-state index contributed by atoms with van der Waals surface area (Å²) < 4.78 is 6.67. The van der Waals surface area contributed by atoms with Crippen molar-refractivity contribution in [2.75, 3.05) is 14.1 Å². The van der Waals surface area contributed by atoms with E-state index in [1.54, 1.807) is 12.1 Å². The van der Waals surface area contributed by atoms with E-state index in [1.165, 1.54) is 11.1 Å². The summed E-state index contributed by atoms with van der Waals surface area (Å²) in [6, 6.07) is 15.9. The average Bonchev–Trinajstić information content (AvgIpc) is 3.32. The molecule has 2 aliphatic rings. The average molecular weight is 612 g/mol. The first-order valence-electron chi connectivity index (χ1n) is 14.2. The summed E-state index contributed by atoms with van der Waals surface area (Å²) in [7, 11) is 4.34. The number of nitrogens with zero attached hydrogens (tertiary/aromatic N) is 2. The maximum atomic E-state index is 11.3. The van der Waals surface area contributed by atoms with Crippen LogP contribution >= 0.6 is 0 Å². The van der Waals surface area contributed by atoms with Crippen molar-refractivity contribution in [3.05, 3.63) is 75.5 Å². The zero-order chi connectivity index (χ0) is 32.4. The molecule has 3 aromatic rings. The van der Waals surface area contributed by atoms with Crippen LogP contribution in [0.2, 0.25) is 0 Å². The van der Waals surface area contributed by atoms with Crippen molar-refractivity contribution in [2.24, 2.45) is 0 Å². The van der Waals surface area contributed by atoms with Gasteiger partial charge in [0, 0.05) is 35.0 Å². The molecule has 0 radical (unpaired) electrons. The molecule has 0 saturated heterocycles. The van der Waals surface area contributed by atoms with Crippen molar-refractivity contribution >= 4 is 34.5 Å². The van der Waals surface area contributed by atoms with Gasteiger partial charge in [-0.3, -0.25) is 24.6 Å². The van der Waals surface area contributed by atoms with Crippen LogP contribution in [-0.4, -0.2) is 78.9 Å². The predicted molar refractivity (Wildman–Crippen MR) is 158 cm³/mol. The molecule has 5 N–H and O–H groups in total. The number of ether oxygens (including phenoxy) is 1. The Balaban J connectivity index is 0.000000289. The van der Waals surface area contributed by atoms with Crippen molar-refractivity contribution < 1.29 is 44.5 Å². The Hall–Kier alpha value is -4.33. The quantitative estimate of drug-likeness (QED) is 0.182. The second kappa shape index (κ2) is 12.3. The molecule has 44 heavy (non-hydrogen) atoms. The van der Waals surface area contributed by atoms with Crippen LogP contribution in [0, 0.1) is 10.1 Å². The molecule has 0 bridgehead atoms. The van der Waals surface area contributed by atoms with Crippen LogP contribution in [0.3, 0.4) is 0 Å². The minimum absolute atomic E-state index is 0.0124. The fraction of sp³-hybridized carbons (Fsp3) is 0.452. The summed E-state index contributed by atoms with van der Waals surface area (Å²) in [5, 5.41) is 46.1. The molecule has 1 atom stereocenters. The lowest BCUT2D eigenvalue weighted by atomic mass is 9.67. The fourth-order valence-corrected chi connectivity index (χ4v) is 6.62. The number of nitro benzene ring substituents is 1. The lowest BCUT2D eigenvalue weighted by Crippen LogP contribution is -2.51. The van der Waals surface area contributed by atoms with Gasteiger partial charge in [0.05, 0.1) is 29.6 Å². The number of hydrogen-bond donors (Lipinski definition) is 5. The van der Waals surface area contributed by atoms with E-state index in [4.69, 9.17) is 25.2 Å². The van der Waals surface area contributed by atoms with Crippen molar-refractivity contribution in [3.63, 3.8) is 0 Å². The zero-order valence-corrected chi connectivity index (χ0v) is 24.8. The van der Waals surface area contributed by atoms with Crippen LogP contribution in [0.4, 0.5) is 5.69 Å². The molecule has 236 valence electrons. The highest BCUT2D eigenvalue weighted by molar-refractivity contribution is 5.88. The number of carboxylic acids is 3. The van der Waals surface area contributed by atoms with E-state index in [2.05, 4.69) is 61.2 Å². The van der Waals surface area contributed by atoms with Gasteiger partial charge in [-0.05, 0) is 63.9 Å². The highest BCUT2D eigenvalue weighted by Gasteiger charge is 2.50. The topological polar surface area (TPSA) is 204 Å². The third-order valence-corrected chi connectivity index (χ3v) is 8.81. The third kappa shape index (κ3) is 6.30. The number of aliphatic carboxylic acids is 3. The summed E-state index contributed by atoms with van der Waals surface area (Å²) in [6.45, 7) is 2.12. The van der Waals surface area contributed by atoms with E-state index >= 15 is 0 Å². The maximum absolute atomic E-state index is 11.3. The van der Waals surface area contributed by atoms with E-state index in [0.29, 0.717) is 0 Å². The Kier molecular flexibility index (Phi) is 9.14. The van der Waals surface area contributed by atoms with Crippen LogP contribution in [0.25, 0.3) is 10.9 Å². The second-order valence-electron chi connectivity index (χ2n) is 11.9. The highest BCUT2D eigenvalue weighted by atomic mass is 16.6. The Bertz CT molecular complexity index is 1540. The van der Waals surface area contributed by atoms with Gasteiger partial charge >= 0.3 is 17.9 Å². The maximum Gasteiger partial charge on any atom is 0.336 e. The minimum atomic E-state index is -2.74. The largest absolute Gasteiger partial charge is 0.481 e. The van der Waals surface area contributed by atoms with Crippen LogP contribution in [0.1, 0.15) is 62.3 Å². The lowest BCUT2D eigenvalue weighted by molar-refractivity contribution is -0.384. The summed E-state index contributed by atoms with van der Waals surface area (Å²) >= 11 is 0. The number of aliphatic hydroxyl groups is 1. The van der Waals surface area contributed by atoms with Gasteiger partial charge in [0.2, 0.25) is 0 Å². The van der Waals surface area contributed by atoms with Crippen molar-refractivity contribution in [3.8, 4) is 0 Å². The predicted octanol–water partition coefficient (Wildman–Crippen LogP) is 4.02. The highest BCUT2D eigenvalue weighted by Crippen LogP contribution is 2.53. The molecule has 2 aromatic carbocycles. The number of rotatable bonds is 8. The Morgan fingerprint density at radius 1 is 1.02 bits per heavy atom. The summed E-state index contributed by atoms with van der Waals surface area (Å²) in [5.41, 5.74) is 1.65. The molecule has 1 fully saturated rings. The second-order valence-corrected chi connectivity index (χ2v) is 11.9. The van der Waals surface area contributed by atoms with E-state index in [-0.39, 0.29) is 27.9 Å². The van der Waals surface area contributed by atoms with Gasteiger partial charge in [0.25, 0.3) is 5.69 Å². The third-order valence-electron chi connectivity index (χ3n) is 8.81. The Morgan fingerprint density at radius 3 is 2.11 bits per heavy atom. The van der Waals surface area contributed by atoms with Crippen LogP contribution in [-0.2, 0) is 36.7 Å². The Morgan fingerprint density at radius 2 is 1.61 bits per heavy atom. The van der Waals surface area contributed by atoms with Gasteiger partial charge in [-0.2, -0.15) is 0 Å². The summed E-state index contributed by atoms with van der Waals surface area (Å²) in [5.74, 6) is -5.02. The van der Waals surface area contributed by atoms with E-state index in [9.17, 15) is 24.5 Å². The number of aromatic nitrogens is 1. The number of carbonyl (C=O) groups is 3. The number of fused-ring (bicyclic) bond motifs is 4. The van der Waals surface area contributed by atoms with Crippen LogP contribution in [0.5, 0.6) is 0 Å². The van der Waals surface area contributed by atoms with Gasteiger partial charge in [0.15, 0.2) is 5.60 Å². The number of carboxylic acid groups (broad SMARTS) is 3. The Labute approximate surface area is 253 Å². The molecular formula is C31H37N3O10.